The fraction of sp³-hybridized carbons (Fsp3) is 0.727. The van der Waals surface area contributed by atoms with Crippen LogP contribution in [0.4, 0.5) is 0 Å². The summed E-state index contributed by atoms with van der Waals surface area (Å²) >= 11 is 0. The highest BCUT2D eigenvalue weighted by molar-refractivity contribution is 5.78. The molecule has 0 aliphatic carbocycles. The fourth-order valence-corrected chi connectivity index (χ4v) is 1.35. The van der Waals surface area contributed by atoms with Crippen molar-refractivity contribution in [3.05, 3.63) is 12.4 Å². The van der Waals surface area contributed by atoms with Gasteiger partial charge in [0.15, 0.2) is 0 Å². The van der Waals surface area contributed by atoms with E-state index in [1.165, 1.54) is 0 Å². The molecule has 0 saturated carbocycles. The predicted molar refractivity (Wildman–Crippen MR) is 65.4 cm³/mol. The van der Waals surface area contributed by atoms with Crippen LogP contribution in [-0.4, -0.2) is 40.0 Å². The smallest absolute Gasteiger partial charge is 0.234 e. The Labute approximate surface area is 102 Å². The number of nitrogens with zero attached hydrogens (tertiary/aromatic N) is 3. The molecule has 6 nitrogen and oxygen atoms in total. The molecule has 1 unspecified atom stereocenters. The summed E-state index contributed by atoms with van der Waals surface area (Å²) < 4.78 is 1.78. The second-order valence-corrected chi connectivity index (χ2v) is 4.07. The van der Waals surface area contributed by atoms with E-state index in [0.717, 1.165) is 25.9 Å². The molecular formula is C11H21N5O. The van der Waals surface area contributed by atoms with Gasteiger partial charge in [0.2, 0.25) is 5.91 Å². The van der Waals surface area contributed by atoms with Crippen LogP contribution in [0.15, 0.2) is 12.4 Å². The van der Waals surface area contributed by atoms with E-state index in [0.29, 0.717) is 6.54 Å². The number of aromatic nitrogens is 3. The average molecular weight is 239 g/mol. The summed E-state index contributed by atoms with van der Waals surface area (Å²) in [7, 11) is 0. The van der Waals surface area contributed by atoms with E-state index in [-0.39, 0.29) is 11.9 Å². The highest BCUT2D eigenvalue weighted by atomic mass is 16.1. The minimum Gasteiger partial charge on any atom is -0.353 e. The van der Waals surface area contributed by atoms with Crippen LogP contribution in [0.3, 0.4) is 0 Å². The molecule has 0 fully saturated rings. The number of amides is 1. The van der Waals surface area contributed by atoms with Crippen LogP contribution in [-0.2, 0) is 11.3 Å². The van der Waals surface area contributed by atoms with Gasteiger partial charge in [-0.15, -0.1) is 5.10 Å². The van der Waals surface area contributed by atoms with Gasteiger partial charge in [0.25, 0.3) is 0 Å². The number of carbonyl (C=O) groups is 1. The topological polar surface area (TPSA) is 71.8 Å². The van der Waals surface area contributed by atoms with Gasteiger partial charge < -0.3 is 10.6 Å². The van der Waals surface area contributed by atoms with Crippen molar-refractivity contribution in [1.29, 1.82) is 0 Å². The molecule has 0 aromatic carbocycles. The van der Waals surface area contributed by atoms with E-state index in [1.54, 1.807) is 10.9 Å². The van der Waals surface area contributed by atoms with Gasteiger partial charge in [0, 0.05) is 18.8 Å². The van der Waals surface area contributed by atoms with E-state index >= 15 is 0 Å². The zero-order valence-electron chi connectivity index (χ0n) is 10.5. The van der Waals surface area contributed by atoms with Gasteiger partial charge in [-0.05, 0) is 26.3 Å². The summed E-state index contributed by atoms with van der Waals surface area (Å²) in [6.45, 7) is 6.05. The van der Waals surface area contributed by atoms with Gasteiger partial charge in [-0.25, -0.2) is 0 Å². The summed E-state index contributed by atoms with van der Waals surface area (Å²) in [5.74, 6) is 0.0557. The highest BCUT2D eigenvalue weighted by Gasteiger charge is 2.03. The van der Waals surface area contributed by atoms with Crippen LogP contribution in [0.5, 0.6) is 0 Å². The second-order valence-electron chi connectivity index (χ2n) is 4.07. The van der Waals surface area contributed by atoms with Crippen molar-refractivity contribution in [2.45, 2.75) is 39.3 Å². The fourth-order valence-electron chi connectivity index (χ4n) is 1.35. The molecule has 0 aliphatic rings. The number of carbonyl (C=O) groups excluding carboxylic acids is 1. The molecule has 1 aromatic heterocycles. The number of hydrogen-bond acceptors (Lipinski definition) is 4. The molecule has 1 heterocycles. The summed E-state index contributed by atoms with van der Waals surface area (Å²) in [6, 6.07) is 0.249. The third-order valence-corrected chi connectivity index (χ3v) is 2.52. The summed E-state index contributed by atoms with van der Waals surface area (Å²) in [6.07, 6.45) is 5.38. The molecule has 1 aromatic rings. The third kappa shape index (κ3) is 6.01. The van der Waals surface area contributed by atoms with Crippen molar-refractivity contribution in [3.63, 3.8) is 0 Å². The first-order valence-electron chi connectivity index (χ1n) is 6.06. The molecular weight excluding hydrogens is 218 g/mol. The molecule has 0 saturated heterocycles. The maximum atomic E-state index is 11.4. The number of nitrogens with one attached hydrogen (secondary N) is 2. The first-order chi connectivity index (χ1) is 8.22. The van der Waals surface area contributed by atoms with E-state index in [9.17, 15) is 4.79 Å². The quantitative estimate of drug-likeness (QED) is 0.634. The van der Waals surface area contributed by atoms with Gasteiger partial charge in [-0.2, -0.15) is 0 Å². The SMILES string of the molecule is CCC(C)NC(=O)CNCCCn1ccnn1. The van der Waals surface area contributed by atoms with Gasteiger partial charge >= 0.3 is 0 Å². The first-order valence-corrected chi connectivity index (χ1v) is 6.06. The van der Waals surface area contributed by atoms with Gasteiger partial charge in [-0.3, -0.25) is 9.48 Å². The Morgan fingerprint density at radius 3 is 3.00 bits per heavy atom. The lowest BCUT2D eigenvalue weighted by molar-refractivity contribution is -0.120. The molecule has 1 rings (SSSR count). The molecule has 0 spiro atoms. The van der Waals surface area contributed by atoms with Crippen LogP contribution in [0.2, 0.25) is 0 Å². The van der Waals surface area contributed by atoms with Crippen molar-refractivity contribution in [2.24, 2.45) is 0 Å². The van der Waals surface area contributed by atoms with Crippen molar-refractivity contribution < 1.29 is 4.79 Å². The molecule has 1 amide bonds. The van der Waals surface area contributed by atoms with Crippen LogP contribution in [0.1, 0.15) is 26.7 Å². The minimum atomic E-state index is 0.0557. The monoisotopic (exact) mass is 239 g/mol. The molecule has 96 valence electrons. The Kier molecular flexibility index (Phi) is 6.24. The number of hydrogen-bond donors (Lipinski definition) is 2. The zero-order chi connectivity index (χ0) is 12.5. The van der Waals surface area contributed by atoms with Crippen molar-refractivity contribution in [1.82, 2.24) is 25.6 Å². The normalized spacial score (nSPS) is 12.4. The Hall–Kier alpha value is -1.43. The Balaban J connectivity index is 1.98. The average Bonchev–Trinajstić information content (AvgIpc) is 2.81. The second kappa shape index (κ2) is 7.78. The number of aryl methyl sites for hydroxylation is 1. The number of rotatable bonds is 8. The summed E-state index contributed by atoms with van der Waals surface area (Å²) in [4.78, 5) is 11.4. The van der Waals surface area contributed by atoms with E-state index < -0.39 is 0 Å². The molecule has 6 heteroatoms. The Bertz CT molecular complexity index is 312. The molecule has 17 heavy (non-hydrogen) atoms. The minimum absolute atomic E-state index is 0.0557. The van der Waals surface area contributed by atoms with Crippen molar-refractivity contribution >= 4 is 5.91 Å². The first kappa shape index (κ1) is 13.6. The van der Waals surface area contributed by atoms with Crippen LogP contribution < -0.4 is 10.6 Å². The molecule has 0 aliphatic heterocycles. The lowest BCUT2D eigenvalue weighted by Gasteiger charge is -2.11. The highest BCUT2D eigenvalue weighted by Crippen LogP contribution is 1.87. The van der Waals surface area contributed by atoms with Crippen molar-refractivity contribution in [3.8, 4) is 0 Å². The molecule has 2 N–H and O–H groups in total. The van der Waals surface area contributed by atoms with Gasteiger partial charge in [0.1, 0.15) is 0 Å². The summed E-state index contributed by atoms with van der Waals surface area (Å²) in [5.41, 5.74) is 0. The van der Waals surface area contributed by atoms with Crippen LogP contribution >= 0.6 is 0 Å². The summed E-state index contributed by atoms with van der Waals surface area (Å²) in [5, 5.41) is 13.6. The van der Waals surface area contributed by atoms with Crippen molar-refractivity contribution in [2.75, 3.05) is 13.1 Å². The van der Waals surface area contributed by atoms with E-state index in [4.69, 9.17) is 0 Å². The molecule has 0 bridgehead atoms. The Morgan fingerprint density at radius 1 is 1.53 bits per heavy atom. The van der Waals surface area contributed by atoms with Crippen LogP contribution in [0.25, 0.3) is 0 Å². The molecule has 0 radical (unpaired) electrons. The third-order valence-electron chi connectivity index (χ3n) is 2.52. The lowest BCUT2D eigenvalue weighted by atomic mass is 10.2. The van der Waals surface area contributed by atoms with Crippen LogP contribution in [0, 0.1) is 0 Å². The Morgan fingerprint density at radius 2 is 2.35 bits per heavy atom. The predicted octanol–water partition coefficient (Wildman–Crippen LogP) is 0.173. The maximum Gasteiger partial charge on any atom is 0.234 e. The van der Waals surface area contributed by atoms with Gasteiger partial charge in [0.05, 0.1) is 12.7 Å². The maximum absolute atomic E-state index is 11.4. The van der Waals surface area contributed by atoms with E-state index in [1.807, 2.05) is 13.1 Å². The van der Waals surface area contributed by atoms with Gasteiger partial charge in [-0.1, -0.05) is 12.1 Å². The largest absolute Gasteiger partial charge is 0.353 e. The molecule has 1 atom stereocenters. The van der Waals surface area contributed by atoms with E-state index in [2.05, 4.69) is 27.9 Å². The lowest BCUT2D eigenvalue weighted by Crippen LogP contribution is -2.39. The zero-order valence-corrected chi connectivity index (χ0v) is 10.5. The standard InChI is InChI=1S/C11H21N5O/c1-3-10(2)14-11(17)9-12-5-4-7-16-8-6-13-15-16/h6,8,10,12H,3-5,7,9H2,1-2H3,(H,14,17).